The normalized spacial score (nSPS) is 15.9. The second-order valence-electron chi connectivity index (χ2n) is 7.87. The maximum atomic E-state index is 6.33. The molecule has 2 unspecified atom stereocenters. The summed E-state index contributed by atoms with van der Waals surface area (Å²) in [6.45, 7) is 5.30. The van der Waals surface area contributed by atoms with Crippen LogP contribution in [0.25, 0.3) is 0 Å². The number of aryl methyl sites for hydroxylation is 1. The monoisotopic (exact) mass is 399 g/mol. The van der Waals surface area contributed by atoms with Gasteiger partial charge in [-0.25, -0.2) is 0 Å². The van der Waals surface area contributed by atoms with Gasteiger partial charge in [0, 0.05) is 19.0 Å². The molecule has 2 aromatic rings. The highest BCUT2D eigenvalue weighted by molar-refractivity contribution is 5.85. The molecule has 0 aliphatic heterocycles. The molecule has 0 radical (unpaired) electrons. The van der Waals surface area contributed by atoms with Crippen molar-refractivity contribution in [3.63, 3.8) is 0 Å². The second-order valence-corrected chi connectivity index (χ2v) is 7.87. The standard InChI is InChI=1S/C25H33NO.ClH/c1-20-10-9-13-23(16-20)17-21(2)26-19-25(18-22-11-5-3-6-12-22)27-24-14-7-4-8-15-24;/h4,7-11,13-16,21,25-26H,3,5-6,12,17-19H2,1-2H3;1H. The summed E-state index contributed by atoms with van der Waals surface area (Å²) in [5.74, 6) is 0.965. The molecule has 0 saturated carbocycles. The highest BCUT2D eigenvalue weighted by atomic mass is 35.5. The van der Waals surface area contributed by atoms with Gasteiger partial charge in [0.2, 0.25) is 0 Å². The van der Waals surface area contributed by atoms with E-state index in [-0.39, 0.29) is 18.5 Å². The van der Waals surface area contributed by atoms with Gasteiger partial charge in [0.25, 0.3) is 0 Å². The largest absolute Gasteiger partial charge is 0.489 e. The van der Waals surface area contributed by atoms with Crippen LogP contribution in [0.4, 0.5) is 0 Å². The van der Waals surface area contributed by atoms with Gasteiger partial charge in [-0.15, -0.1) is 12.4 Å². The quantitative estimate of drug-likeness (QED) is 0.501. The van der Waals surface area contributed by atoms with Crippen molar-refractivity contribution in [3.05, 3.63) is 77.4 Å². The van der Waals surface area contributed by atoms with Crippen LogP contribution in [0.2, 0.25) is 0 Å². The number of ether oxygens (including phenoxy) is 1. The first-order chi connectivity index (χ1) is 13.2. The molecule has 2 nitrogen and oxygen atoms in total. The Labute approximate surface area is 176 Å². The minimum atomic E-state index is 0. The molecule has 2 aromatic carbocycles. The molecule has 0 bridgehead atoms. The number of allylic oxidation sites excluding steroid dienone is 1. The van der Waals surface area contributed by atoms with Crippen LogP contribution in [-0.2, 0) is 6.42 Å². The molecule has 0 amide bonds. The van der Waals surface area contributed by atoms with Crippen molar-refractivity contribution in [2.45, 2.75) is 64.5 Å². The molecule has 28 heavy (non-hydrogen) atoms. The van der Waals surface area contributed by atoms with E-state index in [1.54, 1.807) is 5.57 Å². The van der Waals surface area contributed by atoms with Gasteiger partial charge in [0.15, 0.2) is 0 Å². The second kappa shape index (κ2) is 11.9. The Balaban J connectivity index is 0.00000280. The topological polar surface area (TPSA) is 21.3 Å². The van der Waals surface area contributed by atoms with Crippen LogP contribution in [0.3, 0.4) is 0 Å². The van der Waals surface area contributed by atoms with E-state index in [1.165, 1.54) is 36.8 Å². The summed E-state index contributed by atoms with van der Waals surface area (Å²) in [6.07, 6.45) is 9.79. The van der Waals surface area contributed by atoms with Gasteiger partial charge >= 0.3 is 0 Å². The van der Waals surface area contributed by atoms with E-state index in [1.807, 2.05) is 18.2 Å². The molecule has 3 heteroatoms. The predicted molar refractivity (Wildman–Crippen MR) is 122 cm³/mol. The van der Waals surface area contributed by atoms with Crippen LogP contribution in [-0.4, -0.2) is 18.7 Å². The minimum absolute atomic E-state index is 0. The van der Waals surface area contributed by atoms with Gasteiger partial charge in [0.05, 0.1) is 0 Å². The number of benzene rings is 2. The fourth-order valence-corrected chi connectivity index (χ4v) is 3.83. The average molecular weight is 400 g/mol. The third-order valence-electron chi connectivity index (χ3n) is 5.24. The Hall–Kier alpha value is -1.77. The average Bonchev–Trinajstić information content (AvgIpc) is 2.68. The van der Waals surface area contributed by atoms with Crippen LogP contribution in [0, 0.1) is 6.92 Å². The van der Waals surface area contributed by atoms with Crippen LogP contribution in [0.15, 0.2) is 66.2 Å². The first-order valence-corrected chi connectivity index (χ1v) is 10.4. The summed E-state index contributed by atoms with van der Waals surface area (Å²) in [4.78, 5) is 0. The molecule has 152 valence electrons. The Kier molecular flexibility index (Phi) is 9.60. The molecule has 1 aliphatic carbocycles. The number of halogens is 1. The van der Waals surface area contributed by atoms with Crippen LogP contribution in [0.5, 0.6) is 5.75 Å². The number of hydrogen-bond donors (Lipinski definition) is 1. The maximum absolute atomic E-state index is 6.33. The summed E-state index contributed by atoms with van der Waals surface area (Å²) < 4.78 is 6.33. The summed E-state index contributed by atoms with van der Waals surface area (Å²) in [7, 11) is 0. The highest BCUT2D eigenvalue weighted by Crippen LogP contribution is 2.23. The van der Waals surface area contributed by atoms with Gasteiger partial charge in [-0.1, -0.05) is 59.7 Å². The molecule has 0 saturated heterocycles. The summed E-state index contributed by atoms with van der Waals surface area (Å²) in [5.41, 5.74) is 4.29. The van der Waals surface area contributed by atoms with E-state index in [0.717, 1.165) is 25.1 Å². The Morgan fingerprint density at radius 2 is 1.82 bits per heavy atom. The van der Waals surface area contributed by atoms with Crippen molar-refractivity contribution in [3.8, 4) is 5.75 Å². The Bertz CT molecular complexity index is 728. The Morgan fingerprint density at radius 1 is 1.00 bits per heavy atom. The summed E-state index contributed by atoms with van der Waals surface area (Å²) in [6, 6.07) is 19.5. The third kappa shape index (κ3) is 7.69. The number of rotatable bonds is 9. The Morgan fingerprint density at radius 3 is 2.54 bits per heavy atom. The van der Waals surface area contributed by atoms with Crippen LogP contribution >= 0.6 is 12.4 Å². The lowest BCUT2D eigenvalue weighted by atomic mass is 9.95. The van der Waals surface area contributed by atoms with Crippen molar-refractivity contribution < 1.29 is 4.74 Å². The fourth-order valence-electron chi connectivity index (χ4n) is 3.83. The first-order valence-electron chi connectivity index (χ1n) is 10.4. The van der Waals surface area contributed by atoms with E-state index >= 15 is 0 Å². The van der Waals surface area contributed by atoms with Crippen molar-refractivity contribution in [1.82, 2.24) is 5.32 Å². The molecular formula is C25H34ClNO. The minimum Gasteiger partial charge on any atom is -0.489 e. The van der Waals surface area contributed by atoms with Crippen LogP contribution < -0.4 is 10.1 Å². The smallest absolute Gasteiger partial charge is 0.119 e. The lowest BCUT2D eigenvalue weighted by Gasteiger charge is -2.24. The van der Waals surface area contributed by atoms with Gasteiger partial charge in [-0.05, 0) is 63.6 Å². The van der Waals surface area contributed by atoms with Crippen LogP contribution in [0.1, 0.15) is 50.2 Å². The summed E-state index contributed by atoms with van der Waals surface area (Å²) in [5, 5.41) is 3.71. The molecule has 0 fully saturated rings. The van der Waals surface area contributed by atoms with E-state index in [0.29, 0.717) is 6.04 Å². The molecule has 0 spiro atoms. The molecule has 0 heterocycles. The molecule has 2 atom stereocenters. The lowest BCUT2D eigenvalue weighted by molar-refractivity contribution is 0.191. The van der Waals surface area contributed by atoms with Gasteiger partial charge in [-0.2, -0.15) is 0 Å². The highest BCUT2D eigenvalue weighted by Gasteiger charge is 2.16. The van der Waals surface area contributed by atoms with Crippen molar-refractivity contribution in [2.75, 3.05) is 6.54 Å². The van der Waals surface area contributed by atoms with Gasteiger partial charge in [-0.3, -0.25) is 0 Å². The number of hydrogen-bond acceptors (Lipinski definition) is 2. The van der Waals surface area contributed by atoms with E-state index in [9.17, 15) is 0 Å². The first kappa shape index (κ1) is 22.5. The van der Waals surface area contributed by atoms with E-state index in [2.05, 4.69) is 61.6 Å². The number of nitrogens with one attached hydrogen (secondary N) is 1. The molecule has 0 aromatic heterocycles. The molecular weight excluding hydrogens is 366 g/mol. The zero-order valence-corrected chi connectivity index (χ0v) is 18.0. The lowest BCUT2D eigenvalue weighted by Crippen LogP contribution is -2.38. The SMILES string of the molecule is Cc1cccc(CC(C)NCC(CC2=CCCCC2)Oc2ccccc2)c1.Cl. The van der Waals surface area contributed by atoms with Crippen molar-refractivity contribution in [2.24, 2.45) is 0 Å². The zero-order chi connectivity index (χ0) is 18.9. The van der Waals surface area contributed by atoms with E-state index in [4.69, 9.17) is 4.74 Å². The predicted octanol–water partition coefficient (Wildman–Crippen LogP) is 6.28. The zero-order valence-electron chi connectivity index (χ0n) is 17.2. The van der Waals surface area contributed by atoms with Gasteiger partial charge < -0.3 is 10.1 Å². The molecule has 3 rings (SSSR count). The maximum Gasteiger partial charge on any atom is 0.119 e. The van der Waals surface area contributed by atoms with Gasteiger partial charge in [0.1, 0.15) is 11.9 Å². The number of para-hydroxylation sites is 1. The van der Waals surface area contributed by atoms with Crippen molar-refractivity contribution >= 4 is 12.4 Å². The fraction of sp³-hybridized carbons (Fsp3) is 0.440. The third-order valence-corrected chi connectivity index (χ3v) is 5.24. The summed E-state index contributed by atoms with van der Waals surface area (Å²) >= 11 is 0. The molecule has 1 aliphatic rings. The van der Waals surface area contributed by atoms with E-state index < -0.39 is 0 Å². The van der Waals surface area contributed by atoms with Crippen molar-refractivity contribution in [1.29, 1.82) is 0 Å². The molecule has 1 N–H and O–H groups in total.